The monoisotopic (exact) mass is 746 g/mol. The van der Waals surface area contributed by atoms with Crippen LogP contribution in [0.15, 0.2) is 0 Å². The highest BCUT2D eigenvalue weighted by molar-refractivity contribution is 5.79. The highest BCUT2D eigenvalue weighted by Crippen LogP contribution is 2.59. The SMILES string of the molecule is CCC(C)(C)C(=O)OC1(C)CCCC(C)C1.CCC(C)(C)C(=O)OC12CC3CC(CC(O)(C3)C1)C2.CCC(C)(C)C(=O)OC1C2CC3C(=O)OC1C3O2. The highest BCUT2D eigenvalue weighted by atomic mass is 16.7. The molecule has 3 aliphatic heterocycles. The Hall–Kier alpha value is -2.20. The smallest absolute Gasteiger partial charge is 0.312 e. The van der Waals surface area contributed by atoms with E-state index in [0.717, 1.165) is 51.4 Å². The largest absolute Gasteiger partial charge is 0.459 e. The minimum atomic E-state index is -0.555. The lowest BCUT2D eigenvalue weighted by Crippen LogP contribution is -2.61. The Labute approximate surface area is 318 Å². The highest BCUT2D eigenvalue weighted by Gasteiger charge is 2.65. The van der Waals surface area contributed by atoms with E-state index in [1.54, 1.807) is 0 Å². The van der Waals surface area contributed by atoms with Crippen LogP contribution in [0.1, 0.15) is 166 Å². The third-order valence-electron chi connectivity index (χ3n) is 14.1. The van der Waals surface area contributed by atoms with E-state index in [0.29, 0.717) is 37.0 Å². The molecule has 9 atom stereocenters. The van der Waals surface area contributed by atoms with Crippen molar-refractivity contribution < 1.29 is 48.0 Å². The summed E-state index contributed by atoms with van der Waals surface area (Å²) in [5.41, 5.74) is -2.40. The van der Waals surface area contributed by atoms with Gasteiger partial charge in [0.05, 0.1) is 33.9 Å². The van der Waals surface area contributed by atoms with E-state index in [2.05, 4.69) is 13.8 Å². The number of carbonyl (C=O) groups is 4. The van der Waals surface area contributed by atoms with Gasteiger partial charge in [-0.05, 0) is 143 Å². The summed E-state index contributed by atoms with van der Waals surface area (Å²) < 4.78 is 28.2. The third kappa shape index (κ3) is 8.94. The summed E-state index contributed by atoms with van der Waals surface area (Å²) in [6.07, 6.45) is 11.9. The van der Waals surface area contributed by atoms with Gasteiger partial charge in [0.15, 0.2) is 12.2 Å². The van der Waals surface area contributed by atoms with Gasteiger partial charge >= 0.3 is 23.9 Å². The zero-order chi connectivity index (χ0) is 39.4. The van der Waals surface area contributed by atoms with E-state index in [9.17, 15) is 24.3 Å². The molecule has 0 radical (unpaired) electrons. The molecule has 0 aromatic rings. The van der Waals surface area contributed by atoms with Crippen LogP contribution in [0.5, 0.6) is 0 Å². The van der Waals surface area contributed by atoms with Crippen LogP contribution in [0.2, 0.25) is 0 Å². The summed E-state index contributed by atoms with van der Waals surface area (Å²) in [5.74, 6) is 1.08. The molecule has 8 fully saturated rings. The Bertz CT molecular complexity index is 1370. The molecule has 6 bridgehead atoms. The van der Waals surface area contributed by atoms with Gasteiger partial charge < -0.3 is 28.8 Å². The van der Waals surface area contributed by atoms with E-state index in [4.69, 9.17) is 23.7 Å². The average Bonchev–Trinajstić information content (AvgIpc) is 3.69. The summed E-state index contributed by atoms with van der Waals surface area (Å²) in [5, 5.41) is 10.6. The Morgan fingerprint density at radius 2 is 1.34 bits per heavy atom. The molecule has 5 saturated carbocycles. The first-order valence-corrected chi connectivity index (χ1v) is 20.7. The Kier molecular flexibility index (Phi) is 11.9. The fraction of sp³-hybridized carbons (Fsp3) is 0.907. The first-order chi connectivity index (χ1) is 24.5. The summed E-state index contributed by atoms with van der Waals surface area (Å²) >= 11 is 0. The average molecular weight is 747 g/mol. The molecule has 0 spiro atoms. The molecule has 8 aliphatic rings. The molecule has 3 saturated heterocycles. The van der Waals surface area contributed by atoms with Gasteiger partial charge in [-0.25, -0.2) is 0 Å². The van der Waals surface area contributed by atoms with Crippen molar-refractivity contribution >= 4 is 23.9 Å². The van der Waals surface area contributed by atoms with Crippen LogP contribution >= 0.6 is 0 Å². The minimum absolute atomic E-state index is 0.0356. The Morgan fingerprint density at radius 3 is 1.87 bits per heavy atom. The van der Waals surface area contributed by atoms with Crippen molar-refractivity contribution in [3.8, 4) is 0 Å². The summed E-state index contributed by atoms with van der Waals surface area (Å²) in [7, 11) is 0. The van der Waals surface area contributed by atoms with Crippen molar-refractivity contribution in [2.75, 3.05) is 0 Å². The topological polar surface area (TPSA) is 135 Å². The van der Waals surface area contributed by atoms with Crippen molar-refractivity contribution in [2.24, 2.45) is 39.9 Å². The number of fused-ring (bicyclic) bond motifs is 1. The fourth-order valence-corrected chi connectivity index (χ4v) is 9.90. The lowest BCUT2D eigenvalue weighted by Gasteiger charge is -2.59. The van der Waals surface area contributed by atoms with Crippen LogP contribution in [-0.4, -0.2) is 70.2 Å². The molecule has 1 N–H and O–H groups in total. The molecule has 0 amide bonds. The van der Waals surface area contributed by atoms with Gasteiger partial charge in [-0.3, -0.25) is 19.2 Å². The molecule has 3 heterocycles. The maximum atomic E-state index is 12.4. The van der Waals surface area contributed by atoms with Crippen LogP contribution in [0.4, 0.5) is 0 Å². The number of carbonyl (C=O) groups excluding carboxylic acids is 4. The van der Waals surface area contributed by atoms with Gasteiger partial charge in [0.2, 0.25) is 0 Å². The second kappa shape index (κ2) is 15.0. The molecule has 5 aliphatic carbocycles. The quantitative estimate of drug-likeness (QED) is 0.183. The van der Waals surface area contributed by atoms with Crippen LogP contribution < -0.4 is 0 Å². The molecule has 302 valence electrons. The maximum absolute atomic E-state index is 12.4. The molecule has 0 aromatic carbocycles. The minimum Gasteiger partial charge on any atom is -0.459 e. The van der Waals surface area contributed by atoms with Crippen molar-refractivity contribution in [1.82, 2.24) is 0 Å². The lowest BCUT2D eigenvalue weighted by molar-refractivity contribution is -0.225. The molecule has 53 heavy (non-hydrogen) atoms. The van der Waals surface area contributed by atoms with Gasteiger partial charge in [0, 0.05) is 6.42 Å². The lowest BCUT2D eigenvalue weighted by atomic mass is 9.52. The second-order valence-electron chi connectivity index (χ2n) is 20.3. The molecule has 10 heteroatoms. The van der Waals surface area contributed by atoms with Crippen molar-refractivity contribution in [3.05, 3.63) is 0 Å². The summed E-state index contributed by atoms with van der Waals surface area (Å²) in [6, 6.07) is 0. The van der Waals surface area contributed by atoms with Crippen molar-refractivity contribution in [2.45, 2.75) is 207 Å². The van der Waals surface area contributed by atoms with E-state index in [1.807, 2.05) is 62.3 Å². The second-order valence-corrected chi connectivity index (χ2v) is 20.3. The van der Waals surface area contributed by atoms with Gasteiger partial charge in [-0.2, -0.15) is 0 Å². The predicted molar refractivity (Wildman–Crippen MR) is 199 cm³/mol. The number of esters is 4. The zero-order valence-electron chi connectivity index (χ0n) is 34.6. The van der Waals surface area contributed by atoms with Crippen LogP contribution in [0.3, 0.4) is 0 Å². The summed E-state index contributed by atoms with van der Waals surface area (Å²) in [4.78, 5) is 48.0. The van der Waals surface area contributed by atoms with Gasteiger partial charge in [0.1, 0.15) is 17.3 Å². The normalized spacial score (nSPS) is 39.3. The van der Waals surface area contributed by atoms with Gasteiger partial charge in [-0.15, -0.1) is 0 Å². The number of hydrogen-bond acceptors (Lipinski definition) is 10. The fourth-order valence-electron chi connectivity index (χ4n) is 9.90. The standard InChI is InChI=1S/C16H26O3.C14H26O2.C13H18O5/c1-4-14(2,3)13(17)19-16-8-11-5-12(9-16)7-15(18,6-11)10-16;1-6-13(3,4)12(15)16-14(5)9-7-8-11(2)10-14;1-4-13(2,3)12(15)18-9-7-5-6-8(16-7)10(9)17-11(6)14/h11-12,18H,4-10H2,1-3H3;11H,6-10H2,1-5H3;6-10H,4-5H2,1-3H3. The number of rotatable bonds is 9. The van der Waals surface area contributed by atoms with E-state index in [-0.39, 0.29) is 58.6 Å². The van der Waals surface area contributed by atoms with Gasteiger partial charge in [-0.1, -0.05) is 34.1 Å². The number of aliphatic hydroxyl groups is 1. The van der Waals surface area contributed by atoms with Crippen molar-refractivity contribution in [3.63, 3.8) is 0 Å². The van der Waals surface area contributed by atoms with E-state index < -0.39 is 28.6 Å². The summed E-state index contributed by atoms with van der Waals surface area (Å²) in [6.45, 7) is 21.9. The van der Waals surface area contributed by atoms with Crippen LogP contribution in [0, 0.1) is 39.9 Å². The Balaban J connectivity index is 0.000000154. The van der Waals surface area contributed by atoms with E-state index >= 15 is 0 Å². The molecular formula is C43H70O10. The molecule has 10 nitrogen and oxygen atoms in total. The maximum Gasteiger partial charge on any atom is 0.312 e. The molecule has 8 rings (SSSR count). The Morgan fingerprint density at radius 1 is 0.792 bits per heavy atom. The van der Waals surface area contributed by atoms with E-state index in [1.165, 1.54) is 19.3 Å². The third-order valence-corrected chi connectivity index (χ3v) is 14.1. The van der Waals surface area contributed by atoms with Crippen molar-refractivity contribution in [1.29, 1.82) is 0 Å². The molecule has 0 aromatic heterocycles. The number of hydrogen-bond donors (Lipinski definition) is 1. The first-order valence-electron chi connectivity index (χ1n) is 20.7. The predicted octanol–water partition coefficient (Wildman–Crippen LogP) is 8.03. The van der Waals surface area contributed by atoms with Crippen LogP contribution in [0.25, 0.3) is 0 Å². The van der Waals surface area contributed by atoms with Crippen LogP contribution in [-0.2, 0) is 42.9 Å². The zero-order valence-corrected chi connectivity index (χ0v) is 34.6. The molecular weight excluding hydrogens is 676 g/mol. The number of ether oxygens (including phenoxy) is 5. The first kappa shape index (κ1) is 42.0. The van der Waals surface area contributed by atoms with Gasteiger partial charge in [0.25, 0.3) is 0 Å². The molecule has 9 unspecified atom stereocenters.